The first-order chi connectivity index (χ1) is 6.77. The van der Waals surface area contributed by atoms with Crippen LogP contribution in [0.5, 0.6) is 0 Å². The van der Waals surface area contributed by atoms with Gasteiger partial charge >= 0.3 is 0 Å². The van der Waals surface area contributed by atoms with E-state index in [4.69, 9.17) is 5.73 Å². The lowest BCUT2D eigenvalue weighted by atomic mass is 9.98. The summed E-state index contributed by atoms with van der Waals surface area (Å²) in [6, 6.07) is 0. The Morgan fingerprint density at radius 2 is 2.07 bits per heavy atom. The molecule has 0 aromatic heterocycles. The minimum atomic E-state index is 0.161. The zero-order valence-corrected chi connectivity index (χ0v) is 8.45. The Labute approximate surface area is 84.4 Å². The van der Waals surface area contributed by atoms with Crippen molar-refractivity contribution in [3.8, 4) is 0 Å². The number of nitrogens with zero attached hydrogens (tertiary/aromatic N) is 1. The maximum Gasteiger partial charge on any atom is 0.222 e. The molecule has 80 valence electrons. The van der Waals surface area contributed by atoms with E-state index in [1.807, 2.05) is 4.90 Å². The van der Waals surface area contributed by atoms with Crippen molar-refractivity contribution >= 4 is 12.2 Å². The average molecular weight is 198 g/mol. The Morgan fingerprint density at radius 1 is 1.43 bits per heavy atom. The number of rotatable bonds is 4. The standard InChI is InChI=1S/C10H18N2O2/c11-5-1-2-10(14)12-6-3-9(8-13)4-7-12/h8-9H,1-7,11H2. The maximum absolute atomic E-state index is 11.5. The van der Waals surface area contributed by atoms with Crippen LogP contribution in [0, 0.1) is 5.92 Å². The van der Waals surface area contributed by atoms with Gasteiger partial charge in [0.25, 0.3) is 0 Å². The average Bonchev–Trinajstić information content (AvgIpc) is 2.26. The third-order valence-electron chi connectivity index (χ3n) is 2.68. The van der Waals surface area contributed by atoms with E-state index in [1.165, 1.54) is 0 Å². The van der Waals surface area contributed by atoms with E-state index in [1.54, 1.807) is 0 Å². The van der Waals surface area contributed by atoms with Gasteiger partial charge in [-0.2, -0.15) is 0 Å². The Bertz CT molecular complexity index is 198. The number of hydrogen-bond acceptors (Lipinski definition) is 3. The summed E-state index contributed by atoms with van der Waals surface area (Å²) in [6.45, 7) is 2.02. The van der Waals surface area contributed by atoms with Crippen LogP contribution in [0.4, 0.5) is 0 Å². The number of hydrogen-bond donors (Lipinski definition) is 1. The van der Waals surface area contributed by atoms with Crippen LogP contribution < -0.4 is 5.73 Å². The van der Waals surface area contributed by atoms with Gasteiger partial charge in [-0.25, -0.2) is 0 Å². The number of aldehydes is 1. The quantitative estimate of drug-likeness (QED) is 0.655. The molecule has 2 N–H and O–H groups in total. The van der Waals surface area contributed by atoms with Crippen LogP contribution in [-0.4, -0.2) is 36.7 Å². The lowest BCUT2D eigenvalue weighted by Gasteiger charge is -2.29. The molecule has 1 amide bonds. The summed E-state index contributed by atoms with van der Waals surface area (Å²) in [5.41, 5.74) is 5.33. The van der Waals surface area contributed by atoms with Gasteiger partial charge in [-0.1, -0.05) is 0 Å². The molecule has 0 unspecified atom stereocenters. The summed E-state index contributed by atoms with van der Waals surface area (Å²) >= 11 is 0. The summed E-state index contributed by atoms with van der Waals surface area (Å²) < 4.78 is 0. The lowest BCUT2D eigenvalue weighted by molar-refractivity contribution is -0.133. The smallest absolute Gasteiger partial charge is 0.222 e. The van der Waals surface area contributed by atoms with Crippen LogP contribution in [0.2, 0.25) is 0 Å². The van der Waals surface area contributed by atoms with Crippen molar-refractivity contribution in [3.05, 3.63) is 0 Å². The predicted molar refractivity (Wildman–Crippen MR) is 53.7 cm³/mol. The third-order valence-corrected chi connectivity index (χ3v) is 2.68. The van der Waals surface area contributed by atoms with Crippen molar-refractivity contribution in [1.82, 2.24) is 4.90 Å². The van der Waals surface area contributed by atoms with E-state index in [9.17, 15) is 9.59 Å². The normalized spacial score (nSPS) is 18.2. The van der Waals surface area contributed by atoms with Crippen molar-refractivity contribution in [2.24, 2.45) is 11.7 Å². The summed E-state index contributed by atoms with van der Waals surface area (Å²) in [6.07, 6.45) is 3.94. The summed E-state index contributed by atoms with van der Waals surface area (Å²) in [5.74, 6) is 0.341. The molecular formula is C10H18N2O2. The van der Waals surface area contributed by atoms with Crippen LogP contribution in [0.15, 0.2) is 0 Å². The van der Waals surface area contributed by atoms with Crippen molar-refractivity contribution in [2.75, 3.05) is 19.6 Å². The molecule has 0 radical (unpaired) electrons. The molecule has 0 bridgehead atoms. The second kappa shape index (κ2) is 5.75. The van der Waals surface area contributed by atoms with Crippen molar-refractivity contribution in [3.63, 3.8) is 0 Å². The first kappa shape index (κ1) is 11.2. The number of carbonyl (C=O) groups is 2. The molecule has 0 spiro atoms. The van der Waals surface area contributed by atoms with E-state index in [0.29, 0.717) is 13.0 Å². The van der Waals surface area contributed by atoms with Crippen LogP contribution in [-0.2, 0) is 9.59 Å². The van der Waals surface area contributed by atoms with Gasteiger partial charge in [0.2, 0.25) is 5.91 Å². The number of carbonyl (C=O) groups excluding carboxylic acids is 2. The number of likely N-dealkylation sites (tertiary alicyclic amines) is 1. The van der Waals surface area contributed by atoms with Gasteiger partial charge in [-0.15, -0.1) is 0 Å². The highest BCUT2D eigenvalue weighted by Crippen LogP contribution is 2.15. The molecule has 4 heteroatoms. The Morgan fingerprint density at radius 3 is 2.57 bits per heavy atom. The molecule has 1 rings (SSSR count). The number of piperidine rings is 1. The first-order valence-corrected chi connectivity index (χ1v) is 5.21. The fourth-order valence-electron chi connectivity index (χ4n) is 1.70. The Kier molecular flexibility index (Phi) is 4.59. The molecule has 0 atom stereocenters. The molecule has 0 aliphatic carbocycles. The van der Waals surface area contributed by atoms with Crippen molar-refractivity contribution < 1.29 is 9.59 Å². The van der Waals surface area contributed by atoms with Crippen molar-refractivity contribution in [2.45, 2.75) is 25.7 Å². The third kappa shape index (κ3) is 3.10. The fraction of sp³-hybridized carbons (Fsp3) is 0.800. The first-order valence-electron chi connectivity index (χ1n) is 5.21. The van der Waals surface area contributed by atoms with Gasteiger partial charge in [-0.05, 0) is 25.8 Å². The van der Waals surface area contributed by atoms with Gasteiger partial charge < -0.3 is 15.4 Å². The van der Waals surface area contributed by atoms with Gasteiger partial charge in [0.1, 0.15) is 6.29 Å². The van der Waals surface area contributed by atoms with E-state index < -0.39 is 0 Å². The molecule has 0 aromatic rings. The largest absolute Gasteiger partial charge is 0.343 e. The highest BCUT2D eigenvalue weighted by molar-refractivity contribution is 5.76. The Hall–Kier alpha value is -0.900. The molecule has 0 aromatic carbocycles. The van der Waals surface area contributed by atoms with Crippen LogP contribution in [0.1, 0.15) is 25.7 Å². The van der Waals surface area contributed by atoms with Crippen LogP contribution in [0.3, 0.4) is 0 Å². The minimum absolute atomic E-state index is 0.161. The molecule has 4 nitrogen and oxygen atoms in total. The monoisotopic (exact) mass is 198 g/mol. The highest BCUT2D eigenvalue weighted by atomic mass is 16.2. The zero-order chi connectivity index (χ0) is 10.4. The van der Waals surface area contributed by atoms with Gasteiger partial charge in [0.15, 0.2) is 0 Å². The van der Waals surface area contributed by atoms with Crippen LogP contribution >= 0.6 is 0 Å². The molecular weight excluding hydrogens is 180 g/mol. The molecule has 0 saturated carbocycles. The zero-order valence-electron chi connectivity index (χ0n) is 8.45. The maximum atomic E-state index is 11.5. The van der Waals surface area contributed by atoms with Crippen LogP contribution in [0.25, 0.3) is 0 Å². The molecule has 1 fully saturated rings. The van der Waals surface area contributed by atoms with E-state index in [2.05, 4.69) is 0 Å². The highest BCUT2D eigenvalue weighted by Gasteiger charge is 2.21. The molecule has 1 aliphatic rings. The topological polar surface area (TPSA) is 63.4 Å². The van der Waals surface area contributed by atoms with Crippen molar-refractivity contribution in [1.29, 1.82) is 0 Å². The van der Waals surface area contributed by atoms with Gasteiger partial charge in [-0.3, -0.25) is 4.79 Å². The molecule has 1 aliphatic heterocycles. The minimum Gasteiger partial charge on any atom is -0.343 e. The summed E-state index contributed by atoms with van der Waals surface area (Å²) in [7, 11) is 0. The molecule has 14 heavy (non-hydrogen) atoms. The predicted octanol–water partition coefficient (Wildman–Crippen LogP) is 0.163. The summed E-state index contributed by atoms with van der Waals surface area (Å²) in [4.78, 5) is 23.9. The van der Waals surface area contributed by atoms with Gasteiger partial charge in [0, 0.05) is 25.4 Å². The van der Waals surface area contributed by atoms with E-state index in [-0.39, 0.29) is 11.8 Å². The second-order valence-electron chi connectivity index (χ2n) is 3.75. The molecule has 1 saturated heterocycles. The van der Waals surface area contributed by atoms with E-state index >= 15 is 0 Å². The molecule has 1 heterocycles. The fourth-order valence-corrected chi connectivity index (χ4v) is 1.70. The lowest BCUT2D eigenvalue weighted by Crippen LogP contribution is -2.38. The van der Waals surface area contributed by atoms with E-state index in [0.717, 1.165) is 38.6 Å². The summed E-state index contributed by atoms with van der Waals surface area (Å²) in [5, 5.41) is 0. The van der Waals surface area contributed by atoms with Gasteiger partial charge in [0.05, 0.1) is 0 Å². The SMILES string of the molecule is NCCCC(=O)N1CCC(C=O)CC1. The number of amides is 1. The second-order valence-corrected chi connectivity index (χ2v) is 3.75. The number of nitrogens with two attached hydrogens (primary N) is 1. The Balaban J connectivity index is 2.26.